The van der Waals surface area contributed by atoms with E-state index in [9.17, 15) is 13.2 Å². The van der Waals surface area contributed by atoms with Gasteiger partial charge < -0.3 is 5.11 Å². The molecule has 6 nitrogen and oxygen atoms in total. The molecule has 0 aliphatic rings. The lowest BCUT2D eigenvalue weighted by Gasteiger charge is -2.27. The van der Waals surface area contributed by atoms with Gasteiger partial charge in [0.15, 0.2) is 0 Å². The van der Waals surface area contributed by atoms with Crippen molar-refractivity contribution in [3.05, 3.63) is 35.4 Å². The fourth-order valence-corrected chi connectivity index (χ4v) is 3.34. The largest absolute Gasteiger partial charge is 0.480 e. The molecular formula is C14H18N2O4S. The van der Waals surface area contributed by atoms with E-state index in [0.29, 0.717) is 5.56 Å². The molecule has 0 heterocycles. The van der Waals surface area contributed by atoms with Gasteiger partial charge in [-0.1, -0.05) is 39.0 Å². The molecule has 1 aromatic carbocycles. The molecule has 0 amide bonds. The van der Waals surface area contributed by atoms with Crippen LogP contribution in [0.2, 0.25) is 0 Å². The van der Waals surface area contributed by atoms with E-state index in [0.717, 1.165) is 0 Å². The van der Waals surface area contributed by atoms with E-state index in [1.807, 2.05) is 6.07 Å². The highest BCUT2D eigenvalue weighted by Gasteiger charge is 2.34. The number of hydrogen-bond donors (Lipinski definition) is 2. The van der Waals surface area contributed by atoms with Crippen LogP contribution in [0.15, 0.2) is 24.3 Å². The monoisotopic (exact) mass is 310 g/mol. The molecule has 0 fully saturated rings. The summed E-state index contributed by atoms with van der Waals surface area (Å²) in [4.78, 5) is 11.2. The molecule has 0 saturated heterocycles. The molecule has 1 atom stereocenters. The number of carboxylic acid groups (broad SMARTS) is 1. The van der Waals surface area contributed by atoms with Crippen molar-refractivity contribution in [1.82, 2.24) is 4.72 Å². The Morgan fingerprint density at radius 1 is 1.38 bits per heavy atom. The quantitative estimate of drug-likeness (QED) is 0.856. The van der Waals surface area contributed by atoms with Crippen LogP contribution in [0.1, 0.15) is 31.9 Å². The first kappa shape index (κ1) is 17.1. The van der Waals surface area contributed by atoms with E-state index in [1.165, 1.54) is 12.1 Å². The summed E-state index contributed by atoms with van der Waals surface area (Å²) in [6.07, 6.45) is 0. The molecule has 2 N–H and O–H groups in total. The number of hydrogen-bond acceptors (Lipinski definition) is 4. The van der Waals surface area contributed by atoms with Crippen molar-refractivity contribution in [1.29, 1.82) is 5.26 Å². The van der Waals surface area contributed by atoms with E-state index >= 15 is 0 Å². The van der Waals surface area contributed by atoms with Gasteiger partial charge in [0.25, 0.3) is 0 Å². The molecular weight excluding hydrogens is 292 g/mol. The van der Waals surface area contributed by atoms with Crippen LogP contribution in [0.4, 0.5) is 0 Å². The SMILES string of the molecule is CC(C)(C)[C@@H](NS(=O)(=O)Cc1ccccc1C#N)C(=O)O. The summed E-state index contributed by atoms with van der Waals surface area (Å²) < 4.78 is 26.5. The van der Waals surface area contributed by atoms with Gasteiger partial charge in [-0.05, 0) is 17.0 Å². The third-order valence-corrected chi connectivity index (χ3v) is 4.18. The zero-order valence-electron chi connectivity index (χ0n) is 12.1. The van der Waals surface area contributed by atoms with Gasteiger partial charge in [0.05, 0.1) is 17.4 Å². The molecule has 0 radical (unpaired) electrons. The van der Waals surface area contributed by atoms with Gasteiger partial charge in [0.1, 0.15) is 6.04 Å². The smallest absolute Gasteiger partial charge is 0.322 e. The summed E-state index contributed by atoms with van der Waals surface area (Å²) in [6, 6.07) is 6.99. The minimum atomic E-state index is -3.88. The molecule has 7 heteroatoms. The predicted octanol–water partition coefficient (Wildman–Crippen LogP) is 1.48. The Bertz CT molecular complexity index is 669. The molecule has 0 saturated carbocycles. The zero-order chi connectivity index (χ0) is 16.3. The summed E-state index contributed by atoms with van der Waals surface area (Å²) in [6.45, 7) is 4.91. The van der Waals surface area contributed by atoms with Gasteiger partial charge in [0.2, 0.25) is 10.0 Å². The standard InChI is InChI=1S/C14H18N2O4S/c1-14(2,3)12(13(17)18)16-21(19,20)9-11-7-5-4-6-10(11)8-15/h4-7,12,16H,9H2,1-3H3,(H,17,18)/t12-/m0/s1. The molecule has 21 heavy (non-hydrogen) atoms. The number of nitriles is 1. The van der Waals surface area contributed by atoms with Crippen molar-refractivity contribution in [2.24, 2.45) is 5.41 Å². The number of nitrogens with zero attached hydrogens (tertiary/aromatic N) is 1. The number of carboxylic acids is 1. The minimum Gasteiger partial charge on any atom is -0.480 e. The Balaban J connectivity index is 3.02. The second kappa shape index (κ2) is 6.24. The number of carbonyl (C=O) groups is 1. The maximum absolute atomic E-state index is 12.1. The highest BCUT2D eigenvalue weighted by atomic mass is 32.2. The van der Waals surface area contributed by atoms with E-state index < -0.39 is 33.2 Å². The van der Waals surface area contributed by atoms with Crippen LogP contribution in [0.25, 0.3) is 0 Å². The molecule has 0 aliphatic heterocycles. The third-order valence-electron chi connectivity index (χ3n) is 2.89. The fraction of sp³-hybridized carbons (Fsp3) is 0.429. The molecule has 114 valence electrons. The van der Waals surface area contributed by atoms with Gasteiger partial charge in [-0.3, -0.25) is 4.79 Å². The third kappa shape index (κ3) is 4.85. The Morgan fingerprint density at radius 2 is 1.95 bits per heavy atom. The Hall–Kier alpha value is -1.91. The number of benzene rings is 1. The van der Waals surface area contributed by atoms with Crippen LogP contribution in [-0.4, -0.2) is 25.5 Å². The molecule has 1 aromatic rings. The molecule has 0 spiro atoms. The minimum absolute atomic E-state index is 0.255. The first-order valence-electron chi connectivity index (χ1n) is 6.27. The van der Waals surface area contributed by atoms with E-state index in [2.05, 4.69) is 4.72 Å². The molecule has 0 unspecified atom stereocenters. The van der Waals surface area contributed by atoms with E-state index in [4.69, 9.17) is 10.4 Å². The van der Waals surface area contributed by atoms with Gasteiger partial charge in [-0.15, -0.1) is 0 Å². The Kier molecular flexibility index (Phi) is 5.10. The fourth-order valence-electron chi connectivity index (χ4n) is 1.78. The first-order valence-corrected chi connectivity index (χ1v) is 7.93. The number of rotatable bonds is 5. The van der Waals surface area contributed by atoms with Crippen LogP contribution in [0.5, 0.6) is 0 Å². The number of sulfonamides is 1. The average molecular weight is 310 g/mol. The summed E-state index contributed by atoms with van der Waals surface area (Å²) in [7, 11) is -3.88. The number of aliphatic carboxylic acids is 1. The normalized spacial score (nSPS) is 13.4. The van der Waals surface area contributed by atoms with Crippen molar-refractivity contribution in [2.75, 3.05) is 0 Å². The molecule has 1 rings (SSSR count). The van der Waals surface area contributed by atoms with Crippen LogP contribution < -0.4 is 4.72 Å². The Morgan fingerprint density at radius 3 is 2.43 bits per heavy atom. The molecule has 0 aliphatic carbocycles. The zero-order valence-corrected chi connectivity index (χ0v) is 12.9. The summed E-state index contributed by atoms with van der Waals surface area (Å²) in [5, 5.41) is 18.1. The van der Waals surface area contributed by atoms with Gasteiger partial charge in [0, 0.05) is 0 Å². The lowest BCUT2D eigenvalue weighted by Crippen LogP contribution is -2.49. The lowest BCUT2D eigenvalue weighted by atomic mass is 9.88. The van der Waals surface area contributed by atoms with Crippen LogP contribution in [-0.2, 0) is 20.6 Å². The van der Waals surface area contributed by atoms with Crippen molar-refractivity contribution in [2.45, 2.75) is 32.6 Å². The lowest BCUT2D eigenvalue weighted by molar-refractivity contribution is -0.141. The van der Waals surface area contributed by atoms with E-state index in [-0.39, 0.29) is 5.56 Å². The van der Waals surface area contributed by atoms with Crippen molar-refractivity contribution in [3.8, 4) is 6.07 Å². The highest BCUT2D eigenvalue weighted by molar-refractivity contribution is 7.88. The van der Waals surface area contributed by atoms with Crippen molar-refractivity contribution >= 4 is 16.0 Å². The van der Waals surface area contributed by atoms with Crippen molar-refractivity contribution in [3.63, 3.8) is 0 Å². The number of nitrogens with one attached hydrogen (secondary N) is 1. The maximum Gasteiger partial charge on any atom is 0.322 e. The molecule has 0 aromatic heterocycles. The average Bonchev–Trinajstić information content (AvgIpc) is 2.34. The van der Waals surface area contributed by atoms with E-state index in [1.54, 1.807) is 32.9 Å². The highest BCUT2D eigenvalue weighted by Crippen LogP contribution is 2.21. The first-order chi connectivity index (χ1) is 9.57. The van der Waals surface area contributed by atoms with Crippen LogP contribution in [0.3, 0.4) is 0 Å². The summed E-state index contributed by atoms with van der Waals surface area (Å²) >= 11 is 0. The maximum atomic E-state index is 12.1. The summed E-state index contributed by atoms with van der Waals surface area (Å²) in [5.41, 5.74) is -0.177. The second-order valence-corrected chi connectivity index (χ2v) is 7.54. The van der Waals surface area contributed by atoms with Gasteiger partial charge >= 0.3 is 5.97 Å². The van der Waals surface area contributed by atoms with Crippen LogP contribution in [0, 0.1) is 16.7 Å². The van der Waals surface area contributed by atoms with Gasteiger partial charge in [-0.25, -0.2) is 13.1 Å². The van der Waals surface area contributed by atoms with Crippen LogP contribution >= 0.6 is 0 Å². The Labute approximate surface area is 124 Å². The predicted molar refractivity (Wildman–Crippen MR) is 77.8 cm³/mol. The summed E-state index contributed by atoms with van der Waals surface area (Å²) in [5.74, 6) is -1.67. The topological polar surface area (TPSA) is 107 Å². The molecule has 0 bridgehead atoms. The van der Waals surface area contributed by atoms with Gasteiger partial charge in [-0.2, -0.15) is 5.26 Å². The second-order valence-electron chi connectivity index (χ2n) is 5.78. The van der Waals surface area contributed by atoms with Crippen molar-refractivity contribution < 1.29 is 18.3 Å².